The first-order valence-corrected chi connectivity index (χ1v) is 7.15. The molecule has 1 atom stereocenters. The summed E-state index contributed by atoms with van der Waals surface area (Å²) in [7, 11) is 0. The third-order valence-corrected chi connectivity index (χ3v) is 3.69. The number of hydrogen-bond donors (Lipinski definition) is 1. The van der Waals surface area contributed by atoms with Crippen molar-refractivity contribution in [3.8, 4) is 0 Å². The van der Waals surface area contributed by atoms with Gasteiger partial charge in [-0.2, -0.15) is 0 Å². The fraction of sp³-hybridized carbons (Fsp3) is 0.412. The van der Waals surface area contributed by atoms with Gasteiger partial charge in [0.1, 0.15) is 11.5 Å². The van der Waals surface area contributed by atoms with Crippen LogP contribution in [0.1, 0.15) is 55.0 Å². The first-order valence-electron chi connectivity index (χ1n) is 7.15. The summed E-state index contributed by atoms with van der Waals surface area (Å²) in [6.07, 6.45) is 3.02. The van der Waals surface area contributed by atoms with Crippen LogP contribution >= 0.6 is 0 Å². The van der Waals surface area contributed by atoms with Gasteiger partial charge in [0.25, 0.3) is 0 Å². The van der Waals surface area contributed by atoms with Crippen LogP contribution < -0.4 is 5.73 Å². The van der Waals surface area contributed by atoms with E-state index in [2.05, 4.69) is 39.0 Å². The lowest BCUT2D eigenvalue weighted by molar-refractivity contribution is 0.454. The molecule has 0 aliphatic rings. The van der Waals surface area contributed by atoms with Crippen LogP contribution in [0.15, 0.2) is 34.7 Å². The highest BCUT2D eigenvalue weighted by molar-refractivity contribution is 5.36. The summed E-state index contributed by atoms with van der Waals surface area (Å²) in [5.74, 6) is 1.84. The molecule has 1 aromatic carbocycles. The lowest BCUT2D eigenvalue weighted by Crippen LogP contribution is -2.11. The largest absolute Gasteiger partial charge is 0.464 e. The van der Waals surface area contributed by atoms with E-state index in [-0.39, 0.29) is 6.04 Å². The minimum Gasteiger partial charge on any atom is -0.464 e. The molecule has 2 aromatic rings. The molecule has 0 aliphatic heterocycles. The monoisotopic (exact) mass is 257 g/mol. The van der Waals surface area contributed by atoms with Crippen molar-refractivity contribution in [1.29, 1.82) is 0 Å². The second kappa shape index (κ2) is 6.07. The molecule has 0 radical (unpaired) electrons. The molecule has 2 N–H and O–H groups in total. The lowest BCUT2D eigenvalue weighted by atomic mass is 9.96. The van der Waals surface area contributed by atoms with Gasteiger partial charge in [0.05, 0.1) is 6.04 Å². The fourth-order valence-corrected chi connectivity index (χ4v) is 2.43. The molecule has 102 valence electrons. The van der Waals surface area contributed by atoms with E-state index in [4.69, 9.17) is 10.2 Å². The second-order valence-electron chi connectivity index (χ2n) is 4.87. The first-order chi connectivity index (χ1) is 9.19. The molecule has 0 fully saturated rings. The van der Waals surface area contributed by atoms with Crippen molar-refractivity contribution < 1.29 is 4.42 Å². The van der Waals surface area contributed by atoms with Crippen molar-refractivity contribution in [2.24, 2.45) is 5.73 Å². The number of aryl methyl sites for hydroxylation is 3. The topological polar surface area (TPSA) is 39.2 Å². The molecule has 19 heavy (non-hydrogen) atoms. The number of furan rings is 1. The van der Waals surface area contributed by atoms with E-state index < -0.39 is 0 Å². The summed E-state index contributed by atoms with van der Waals surface area (Å²) in [4.78, 5) is 0. The molecule has 0 spiro atoms. The fourth-order valence-electron chi connectivity index (χ4n) is 2.43. The lowest BCUT2D eigenvalue weighted by Gasteiger charge is -2.13. The highest BCUT2D eigenvalue weighted by Crippen LogP contribution is 2.24. The normalized spacial score (nSPS) is 12.6. The summed E-state index contributed by atoms with van der Waals surface area (Å²) < 4.78 is 5.75. The maximum atomic E-state index is 6.31. The summed E-state index contributed by atoms with van der Waals surface area (Å²) in [5, 5.41) is 0. The maximum absolute atomic E-state index is 6.31. The summed E-state index contributed by atoms with van der Waals surface area (Å²) >= 11 is 0. The first kappa shape index (κ1) is 13.9. The molecule has 0 bridgehead atoms. The molecule has 0 saturated heterocycles. The maximum Gasteiger partial charge on any atom is 0.125 e. The smallest absolute Gasteiger partial charge is 0.125 e. The predicted molar refractivity (Wildman–Crippen MR) is 79.3 cm³/mol. The molecule has 2 rings (SSSR count). The SMILES string of the molecule is CCc1ccc(C(N)c2ccc(CC)c(CC)c2)o1. The molecule has 0 amide bonds. The zero-order chi connectivity index (χ0) is 13.8. The Morgan fingerprint density at radius 1 is 0.947 bits per heavy atom. The summed E-state index contributed by atoms with van der Waals surface area (Å²) in [6, 6.07) is 10.4. The molecule has 0 saturated carbocycles. The van der Waals surface area contributed by atoms with E-state index in [1.54, 1.807) is 0 Å². The molecule has 1 heterocycles. The van der Waals surface area contributed by atoms with Crippen LogP contribution in [0, 0.1) is 0 Å². The Labute approximate surface area is 115 Å². The molecule has 0 aliphatic carbocycles. The van der Waals surface area contributed by atoms with Crippen molar-refractivity contribution in [3.05, 3.63) is 58.5 Å². The Bertz CT molecular complexity index is 542. The molecule has 1 aromatic heterocycles. The van der Waals surface area contributed by atoms with Crippen LogP contribution in [0.25, 0.3) is 0 Å². The number of nitrogens with two attached hydrogens (primary N) is 1. The Morgan fingerprint density at radius 2 is 1.68 bits per heavy atom. The predicted octanol–water partition coefficient (Wildman–Crippen LogP) is 4.01. The average molecular weight is 257 g/mol. The van der Waals surface area contributed by atoms with E-state index in [9.17, 15) is 0 Å². The van der Waals surface area contributed by atoms with Crippen molar-refractivity contribution in [3.63, 3.8) is 0 Å². The number of hydrogen-bond acceptors (Lipinski definition) is 2. The number of rotatable bonds is 5. The zero-order valence-corrected chi connectivity index (χ0v) is 12.1. The highest BCUT2D eigenvalue weighted by atomic mass is 16.3. The van der Waals surface area contributed by atoms with Gasteiger partial charge in [-0.1, -0.05) is 39.0 Å². The third-order valence-electron chi connectivity index (χ3n) is 3.69. The number of benzene rings is 1. The van der Waals surface area contributed by atoms with Crippen molar-refractivity contribution in [2.75, 3.05) is 0 Å². The van der Waals surface area contributed by atoms with E-state index in [0.717, 1.165) is 36.3 Å². The van der Waals surface area contributed by atoms with Crippen LogP contribution in [-0.4, -0.2) is 0 Å². The molecular weight excluding hydrogens is 234 g/mol. The van der Waals surface area contributed by atoms with Gasteiger partial charge in [0.15, 0.2) is 0 Å². The van der Waals surface area contributed by atoms with Gasteiger partial charge in [0.2, 0.25) is 0 Å². The van der Waals surface area contributed by atoms with Crippen LogP contribution in [0.2, 0.25) is 0 Å². The minimum atomic E-state index is -0.170. The van der Waals surface area contributed by atoms with Crippen molar-refractivity contribution >= 4 is 0 Å². The van der Waals surface area contributed by atoms with E-state index >= 15 is 0 Å². The zero-order valence-electron chi connectivity index (χ0n) is 12.1. The Morgan fingerprint density at radius 3 is 2.26 bits per heavy atom. The highest BCUT2D eigenvalue weighted by Gasteiger charge is 2.14. The van der Waals surface area contributed by atoms with E-state index in [0.29, 0.717) is 0 Å². The summed E-state index contributed by atoms with van der Waals surface area (Å²) in [5.41, 5.74) is 10.2. The van der Waals surface area contributed by atoms with Gasteiger partial charge in [-0.05, 0) is 41.7 Å². The van der Waals surface area contributed by atoms with Gasteiger partial charge in [-0.3, -0.25) is 0 Å². The molecule has 2 heteroatoms. The Hall–Kier alpha value is -1.54. The molecule has 2 nitrogen and oxygen atoms in total. The average Bonchev–Trinajstić information content (AvgIpc) is 2.94. The summed E-state index contributed by atoms with van der Waals surface area (Å²) in [6.45, 7) is 6.46. The standard InChI is InChI=1S/C17H23NO/c1-4-12-7-8-14(11-13(12)5-2)17(18)16-10-9-15(6-3)19-16/h7-11,17H,4-6,18H2,1-3H3. The quantitative estimate of drug-likeness (QED) is 0.878. The Balaban J connectivity index is 2.30. The minimum absolute atomic E-state index is 0.170. The van der Waals surface area contributed by atoms with Gasteiger partial charge in [-0.25, -0.2) is 0 Å². The van der Waals surface area contributed by atoms with Crippen LogP contribution in [0.5, 0.6) is 0 Å². The third kappa shape index (κ3) is 2.90. The van der Waals surface area contributed by atoms with Crippen LogP contribution in [0.4, 0.5) is 0 Å². The second-order valence-corrected chi connectivity index (χ2v) is 4.87. The Kier molecular flexibility index (Phi) is 4.43. The molecular formula is C17H23NO. The van der Waals surface area contributed by atoms with Crippen LogP contribution in [-0.2, 0) is 19.3 Å². The van der Waals surface area contributed by atoms with E-state index in [1.165, 1.54) is 11.1 Å². The van der Waals surface area contributed by atoms with Crippen molar-refractivity contribution in [2.45, 2.75) is 46.1 Å². The van der Waals surface area contributed by atoms with Gasteiger partial charge in [0, 0.05) is 6.42 Å². The van der Waals surface area contributed by atoms with Crippen LogP contribution in [0.3, 0.4) is 0 Å². The molecule has 1 unspecified atom stereocenters. The van der Waals surface area contributed by atoms with Gasteiger partial charge >= 0.3 is 0 Å². The van der Waals surface area contributed by atoms with Gasteiger partial charge in [-0.15, -0.1) is 0 Å². The van der Waals surface area contributed by atoms with Gasteiger partial charge < -0.3 is 10.2 Å². The van der Waals surface area contributed by atoms with Crippen molar-refractivity contribution in [1.82, 2.24) is 0 Å². The van der Waals surface area contributed by atoms with E-state index in [1.807, 2.05) is 12.1 Å².